The molecule has 28 heavy (non-hydrogen) atoms. The van der Waals surface area contributed by atoms with Crippen LogP contribution in [0.3, 0.4) is 0 Å². The van der Waals surface area contributed by atoms with Crippen molar-refractivity contribution in [2.75, 3.05) is 13.6 Å². The third-order valence-electron chi connectivity index (χ3n) is 4.81. The second-order valence-corrected chi connectivity index (χ2v) is 9.84. The third-order valence-corrected chi connectivity index (χ3v) is 6.62. The smallest absolute Gasteiger partial charge is 0.243 e. The van der Waals surface area contributed by atoms with Gasteiger partial charge >= 0.3 is 0 Å². The van der Waals surface area contributed by atoms with E-state index in [9.17, 15) is 13.2 Å². The summed E-state index contributed by atoms with van der Waals surface area (Å²) in [6.07, 6.45) is 0.601. The normalized spacial score (nSPS) is 18.2. The first-order valence-corrected chi connectivity index (χ1v) is 10.6. The number of rotatable bonds is 5. The highest BCUT2D eigenvalue weighted by molar-refractivity contribution is 7.89. The van der Waals surface area contributed by atoms with Gasteiger partial charge in [-0.2, -0.15) is 4.31 Å². The molecule has 2 aromatic rings. The Bertz CT molecular complexity index is 968. The van der Waals surface area contributed by atoms with Crippen molar-refractivity contribution in [2.45, 2.75) is 43.7 Å². The quantitative estimate of drug-likeness (QED) is 0.834. The van der Waals surface area contributed by atoms with Crippen molar-refractivity contribution in [1.82, 2.24) is 9.62 Å². The first-order valence-electron chi connectivity index (χ1n) is 9.19. The van der Waals surface area contributed by atoms with Gasteiger partial charge in [0.2, 0.25) is 15.9 Å². The molecule has 0 aromatic heterocycles. The Hall–Kier alpha value is -2.38. The van der Waals surface area contributed by atoms with Crippen LogP contribution in [0.4, 0.5) is 0 Å². The van der Waals surface area contributed by atoms with E-state index in [1.54, 1.807) is 24.3 Å². The predicted molar refractivity (Wildman–Crippen MR) is 108 cm³/mol. The lowest BCUT2D eigenvalue weighted by molar-refractivity contribution is -0.122. The number of para-hydroxylation sites is 1. The molecule has 0 unspecified atom stereocenters. The van der Waals surface area contributed by atoms with Crippen molar-refractivity contribution in [1.29, 1.82) is 0 Å². The Morgan fingerprint density at radius 2 is 1.82 bits per heavy atom. The number of likely N-dealkylation sites (N-methyl/N-ethyl adjacent to an activating group) is 1. The highest BCUT2D eigenvalue weighted by Gasteiger charge is 2.34. The van der Waals surface area contributed by atoms with E-state index in [2.05, 4.69) is 5.32 Å². The lowest BCUT2D eigenvalue weighted by Crippen LogP contribution is -2.44. The summed E-state index contributed by atoms with van der Waals surface area (Å²) >= 11 is 0. The zero-order valence-electron chi connectivity index (χ0n) is 16.6. The SMILES string of the molecule is Cc1ccc(S(=O)(=O)N(C)CC(=O)N[C@@H]2CC(C)(C)Oc3ccccc32)cc1. The molecule has 3 rings (SSSR count). The van der Waals surface area contributed by atoms with Gasteiger partial charge in [0, 0.05) is 19.0 Å². The summed E-state index contributed by atoms with van der Waals surface area (Å²) in [7, 11) is -2.31. The first-order chi connectivity index (χ1) is 13.1. The van der Waals surface area contributed by atoms with Crippen LogP contribution >= 0.6 is 0 Å². The van der Waals surface area contributed by atoms with Gasteiger partial charge in [-0.25, -0.2) is 8.42 Å². The van der Waals surface area contributed by atoms with E-state index >= 15 is 0 Å². The van der Waals surface area contributed by atoms with Gasteiger partial charge in [0.15, 0.2) is 0 Å². The summed E-state index contributed by atoms with van der Waals surface area (Å²) in [5.74, 6) is 0.389. The fourth-order valence-corrected chi connectivity index (χ4v) is 4.48. The number of sulfonamides is 1. The number of benzene rings is 2. The Balaban J connectivity index is 1.72. The number of aryl methyl sites for hydroxylation is 1. The van der Waals surface area contributed by atoms with Crippen LogP contribution < -0.4 is 10.1 Å². The molecular weight excluding hydrogens is 376 g/mol. The fraction of sp³-hybridized carbons (Fsp3) is 0.381. The van der Waals surface area contributed by atoms with E-state index in [1.807, 2.05) is 45.0 Å². The van der Waals surface area contributed by atoms with Gasteiger partial charge in [0.1, 0.15) is 11.4 Å². The van der Waals surface area contributed by atoms with Gasteiger partial charge in [-0.1, -0.05) is 35.9 Å². The number of nitrogens with one attached hydrogen (secondary N) is 1. The molecule has 2 aromatic carbocycles. The van der Waals surface area contributed by atoms with Gasteiger partial charge in [0.25, 0.3) is 0 Å². The van der Waals surface area contributed by atoms with Gasteiger partial charge in [-0.05, 0) is 39.0 Å². The molecule has 1 heterocycles. The van der Waals surface area contributed by atoms with E-state index in [-0.39, 0.29) is 23.4 Å². The Morgan fingerprint density at radius 1 is 1.18 bits per heavy atom. The highest BCUT2D eigenvalue weighted by atomic mass is 32.2. The van der Waals surface area contributed by atoms with Gasteiger partial charge < -0.3 is 10.1 Å². The summed E-state index contributed by atoms with van der Waals surface area (Å²) in [4.78, 5) is 12.8. The maximum atomic E-state index is 12.7. The Kier molecular flexibility index (Phi) is 5.50. The average molecular weight is 403 g/mol. The van der Waals surface area contributed by atoms with Crippen molar-refractivity contribution >= 4 is 15.9 Å². The summed E-state index contributed by atoms with van der Waals surface area (Å²) in [6.45, 7) is 5.57. The number of hydrogen-bond donors (Lipinski definition) is 1. The van der Waals surface area contributed by atoms with Crippen LogP contribution in [0.25, 0.3) is 0 Å². The molecule has 0 spiro atoms. The molecule has 7 heteroatoms. The zero-order valence-corrected chi connectivity index (χ0v) is 17.4. The maximum Gasteiger partial charge on any atom is 0.243 e. The van der Waals surface area contributed by atoms with Crippen molar-refractivity contribution in [3.63, 3.8) is 0 Å². The molecule has 1 amide bonds. The second-order valence-electron chi connectivity index (χ2n) is 7.80. The van der Waals surface area contributed by atoms with Gasteiger partial charge in [-0.3, -0.25) is 4.79 Å². The van der Waals surface area contributed by atoms with Crippen molar-refractivity contribution in [3.05, 3.63) is 59.7 Å². The number of fused-ring (bicyclic) bond motifs is 1. The van der Waals surface area contributed by atoms with Crippen LogP contribution in [0.1, 0.15) is 37.4 Å². The first kappa shape index (κ1) is 20.4. The molecule has 0 aliphatic carbocycles. The molecule has 0 saturated carbocycles. The minimum Gasteiger partial charge on any atom is -0.487 e. The lowest BCUT2D eigenvalue weighted by atomic mass is 9.89. The molecular formula is C21H26N2O4S. The predicted octanol–water partition coefficient (Wildman–Crippen LogP) is 3.03. The zero-order chi connectivity index (χ0) is 20.5. The van der Waals surface area contributed by atoms with Crippen LogP contribution in [0.15, 0.2) is 53.4 Å². The molecule has 1 N–H and O–H groups in total. The number of nitrogens with zero attached hydrogens (tertiary/aromatic N) is 1. The lowest BCUT2D eigenvalue weighted by Gasteiger charge is -2.38. The molecule has 150 valence electrons. The summed E-state index contributed by atoms with van der Waals surface area (Å²) in [5.41, 5.74) is 1.45. The Labute approximate surface area is 166 Å². The molecule has 0 fully saturated rings. The maximum absolute atomic E-state index is 12.7. The monoisotopic (exact) mass is 402 g/mol. The van der Waals surface area contributed by atoms with Gasteiger partial charge in [0.05, 0.1) is 17.5 Å². The van der Waals surface area contributed by atoms with Crippen molar-refractivity contribution in [3.8, 4) is 5.75 Å². The van der Waals surface area contributed by atoms with E-state index in [0.717, 1.165) is 21.2 Å². The van der Waals surface area contributed by atoms with Crippen LogP contribution in [0, 0.1) is 6.92 Å². The van der Waals surface area contributed by atoms with Crippen LogP contribution in [0.5, 0.6) is 5.75 Å². The molecule has 1 aliphatic heterocycles. The molecule has 0 radical (unpaired) electrons. The van der Waals surface area contributed by atoms with Gasteiger partial charge in [-0.15, -0.1) is 0 Å². The molecule has 0 saturated heterocycles. The summed E-state index contributed by atoms with van der Waals surface area (Å²) < 4.78 is 32.4. The van der Waals surface area contributed by atoms with E-state index < -0.39 is 15.6 Å². The standard InChI is InChI=1S/C21H26N2O4S/c1-15-9-11-16(12-10-15)28(25,26)23(4)14-20(24)22-18-13-21(2,3)27-19-8-6-5-7-17(18)19/h5-12,18H,13-14H2,1-4H3,(H,22,24)/t18-/m1/s1. The summed E-state index contributed by atoms with van der Waals surface area (Å²) in [6, 6.07) is 13.9. The van der Waals surface area contributed by atoms with E-state index in [4.69, 9.17) is 4.74 Å². The highest BCUT2D eigenvalue weighted by Crippen LogP contribution is 2.39. The Morgan fingerprint density at radius 3 is 2.50 bits per heavy atom. The minimum absolute atomic E-state index is 0.172. The van der Waals surface area contributed by atoms with Crippen LogP contribution in [0.2, 0.25) is 0 Å². The van der Waals surface area contributed by atoms with Crippen LogP contribution in [-0.4, -0.2) is 37.8 Å². The second kappa shape index (κ2) is 7.56. The van der Waals surface area contributed by atoms with E-state index in [1.165, 1.54) is 7.05 Å². The van der Waals surface area contributed by atoms with Crippen LogP contribution in [-0.2, 0) is 14.8 Å². The number of carbonyl (C=O) groups excluding carboxylic acids is 1. The fourth-order valence-electron chi connectivity index (χ4n) is 3.35. The van der Waals surface area contributed by atoms with Crippen molar-refractivity contribution < 1.29 is 17.9 Å². The largest absolute Gasteiger partial charge is 0.487 e. The minimum atomic E-state index is -3.73. The van der Waals surface area contributed by atoms with Crippen molar-refractivity contribution in [2.24, 2.45) is 0 Å². The molecule has 1 aliphatic rings. The summed E-state index contributed by atoms with van der Waals surface area (Å²) in [5, 5.41) is 2.97. The average Bonchev–Trinajstić information content (AvgIpc) is 2.61. The number of carbonyl (C=O) groups is 1. The molecule has 6 nitrogen and oxygen atoms in total. The third kappa shape index (κ3) is 4.36. The molecule has 1 atom stereocenters. The number of ether oxygens (including phenoxy) is 1. The topological polar surface area (TPSA) is 75.7 Å². The number of hydrogen-bond acceptors (Lipinski definition) is 4. The molecule has 0 bridgehead atoms. The number of amides is 1. The van der Waals surface area contributed by atoms with E-state index in [0.29, 0.717) is 6.42 Å².